The largest absolute Gasteiger partial charge is 0.469 e. The second kappa shape index (κ2) is 9.54. The Morgan fingerprint density at radius 3 is 2.82 bits per heavy atom. The Hall–Kier alpha value is -0.570. The number of rotatable bonds is 4. The fourth-order valence-electron chi connectivity index (χ4n) is 3.00. The number of guanidine groups is 1. The standard InChI is InChI=1S/C15H27N3O3.HI/c1-4-16-15(17-8-12-6-5-7-21-12)18-9-11(2)13(10-18)14(19)20-3;/h11-13H,4-10H2,1-3H3,(H,16,17);1H. The summed E-state index contributed by atoms with van der Waals surface area (Å²) in [4.78, 5) is 18.6. The maximum absolute atomic E-state index is 11.8. The summed E-state index contributed by atoms with van der Waals surface area (Å²) in [5.41, 5.74) is 0. The molecule has 128 valence electrons. The molecule has 2 saturated heterocycles. The lowest BCUT2D eigenvalue weighted by Crippen LogP contribution is -2.41. The third kappa shape index (κ3) is 4.97. The monoisotopic (exact) mass is 425 g/mol. The van der Waals surface area contributed by atoms with E-state index < -0.39 is 0 Å². The number of nitrogens with one attached hydrogen (secondary N) is 1. The lowest BCUT2D eigenvalue weighted by Gasteiger charge is -2.22. The van der Waals surface area contributed by atoms with Crippen LogP contribution >= 0.6 is 24.0 Å². The number of halogens is 1. The highest BCUT2D eigenvalue weighted by molar-refractivity contribution is 14.0. The van der Waals surface area contributed by atoms with Crippen molar-refractivity contribution < 1.29 is 14.3 Å². The molecule has 0 aliphatic carbocycles. The molecule has 0 saturated carbocycles. The van der Waals surface area contributed by atoms with E-state index in [0.717, 1.165) is 38.5 Å². The SMILES string of the molecule is CCNC(=NCC1CCCO1)N1CC(C)C(C(=O)OC)C1.I. The minimum absolute atomic E-state index is 0. The van der Waals surface area contributed by atoms with Crippen molar-refractivity contribution in [1.29, 1.82) is 0 Å². The Bertz CT molecular complexity index is 386. The van der Waals surface area contributed by atoms with Gasteiger partial charge in [-0.1, -0.05) is 6.92 Å². The summed E-state index contributed by atoms with van der Waals surface area (Å²) in [6.07, 6.45) is 2.46. The number of methoxy groups -OCH3 is 1. The maximum atomic E-state index is 11.8. The number of aliphatic imine (C=N–C) groups is 1. The summed E-state index contributed by atoms with van der Waals surface area (Å²) in [7, 11) is 1.45. The van der Waals surface area contributed by atoms with E-state index in [0.29, 0.717) is 13.1 Å². The van der Waals surface area contributed by atoms with Gasteiger partial charge in [0, 0.05) is 26.2 Å². The van der Waals surface area contributed by atoms with Crippen molar-refractivity contribution in [2.45, 2.75) is 32.8 Å². The average Bonchev–Trinajstić information content (AvgIpc) is 3.12. The molecule has 7 heteroatoms. The van der Waals surface area contributed by atoms with Gasteiger partial charge in [-0.3, -0.25) is 9.79 Å². The topological polar surface area (TPSA) is 63.2 Å². The first-order chi connectivity index (χ1) is 10.2. The molecule has 2 rings (SSSR count). The van der Waals surface area contributed by atoms with Gasteiger partial charge in [-0.2, -0.15) is 0 Å². The quantitative estimate of drug-likeness (QED) is 0.320. The molecule has 2 heterocycles. The number of hydrogen-bond acceptors (Lipinski definition) is 4. The molecule has 0 bridgehead atoms. The summed E-state index contributed by atoms with van der Waals surface area (Å²) in [5.74, 6) is 0.969. The van der Waals surface area contributed by atoms with Crippen molar-refractivity contribution in [1.82, 2.24) is 10.2 Å². The van der Waals surface area contributed by atoms with Gasteiger partial charge in [0.05, 0.1) is 25.7 Å². The van der Waals surface area contributed by atoms with E-state index in [1.54, 1.807) is 0 Å². The minimum Gasteiger partial charge on any atom is -0.469 e. The number of esters is 1. The molecule has 0 amide bonds. The second-order valence-corrected chi connectivity index (χ2v) is 5.84. The molecule has 1 N–H and O–H groups in total. The second-order valence-electron chi connectivity index (χ2n) is 5.84. The lowest BCUT2D eigenvalue weighted by atomic mass is 9.99. The zero-order valence-electron chi connectivity index (χ0n) is 13.7. The van der Waals surface area contributed by atoms with Gasteiger partial charge in [0.1, 0.15) is 0 Å². The third-order valence-corrected chi connectivity index (χ3v) is 4.22. The van der Waals surface area contributed by atoms with Crippen LogP contribution < -0.4 is 5.32 Å². The molecule has 0 aromatic rings. The van der Waals surface area contributed by atoms with E-state index in [1.807, 2.05) is 0 Å². The van der Waals surface area contributed by atoms with E-state index >= 15 is 0 Å². The van der Waals surface area contributed by atoms with Crippen molar-refractivity contribution in [3.8, 4) is 0 Å². The minimum atomic E-state index is -0.125. The Morgan fingerprint density at radius 1 is 1.45 bits per heavy atom. The summed E-state index contributed by atoms with van der Waals surface area (Å²) in [6.45, 7) is 8.00. The molecular formula is C15H28IN3O3. The molecule has 2 aliphatic heterocycles. The number of carbonyl (C=O) groups excluding carboxylic acids is 1. The van der Waals surface area contributed by atoms with E-state index in [2.05, 4.69) is 29.1 Å². The highest BCUT2D eigenvalue weighted by Gasteiger charge is 2.36. The maximum Gasteiger partial charge on any atom is 0.310 e. The lowest BCUT2D eigenvalue weighted by molar-refractivity contribution is -0.145. The van der Waals surface area contributed by atoms with Crippen molar-refractivity contribution in [3.05, 3.63) is 0 Å². The summed E-state index contributed by atoms with van der Waals surface area (Å²) >= 11 is 0. The summed E-state index contributed by atoms with van der Waals surface area (Å²) in [5, 5.41) is 3.31. The van der Waals surface area contributed by atoms with E-state index in [1.165, 1.54) is 7.11 Å². The van der Waals surface area contributed by atoms with Gasteiger partial charge in [0.15, 0.2) is 5.96 Å². The number of carbonyl (C=O) groups is 1. The van der Waals surface area contributed by atoms with Gasteiger partial charge in [-0.25, -0.2) is 0 Å². The number of likely N-dealkylation sites (tertiary alicyclic amines) is 1. The van der Waals surface area contributed by atoms with Crippen LogP contribution in [-0.2, 0) is 14.3 Å². The van der Waals surface area contributed by atoms with Gasteiger partial charge in [0.25, 0.3) is 0 Å². The van der Waals surface area contributed by atoms with E-state index in [4.69, 9.17) is 9.47 Å². The first-order valence-electron chi connectivity index (χ1n) is 7.88. The fourth-order valence-corrected chi connectivity index (χ4v) is 3.00. The summed E-state index contributed by atoms with van der Waals surface area (Å²) < 4.78 is 10.5. The Morgan fingerprint density at radius 2 is 2.23 bits per heavy atom. The van der Waals surface area contributed by atoms with Crippen LogP contribution in [0.1, 0.15) is 26.7 Å². The van der Waals surface area contributed by atoms with Gasteiger partial charge >= 0.3 is 5.97 Å². The Kier molecular flexibility index (Phi) is 8.45. The van der Waals surface area contributed by atoms with Crippen molar-refractivity contribution in [2.75, 3.05) is 39.9 Å². The molecular weight excluding hydrogens is 397 g/mol. The van der Waals surface area contributed by atoms with Crippen molar-refractivity contribution >= 4 is 35.9 Å². The highest BCUT2D eigenvalue weighted by atomic mass is 127. The molecule has 3 atom stereocenters. The van der Waals surface area contributed by atoms with Crippen LogP contribution in [0.25, 0.3) is 0 Å². The molecule has 2 fully saturated rings. The van der Waals surface area contributed by atoms with Crippen molar-refractivity contribution in [3.63, 3.8) is 0 Å². The van der Waals surface area contributed by atoms with Gasteiger partial charge in [0.2, 0.25) is 0 Å². The Balaban J connectivity index is 0.00000242. The highest BCUT2D eigenvalue weighted by Crippen LogP contribution is 2.24. The van der Waals surface area contributed by atoms with Crippen LogP contribution in [0, 0.1) is 11.8 Å². The van der Waals surface area contributed by atoms with Crippen LogP contribution in [0.15, 0.2) is 4.99 Å². The van der Waals surface area contributed by atoms with Crippen LogP contribution in [0.3, 0.4) is 0 Å². The Labute approximate surface area is 150 Å². The molecule has 0 aromatic heterocycles. The van der Waals surface area contributed by atoms with Gasteiger partial charge < -0.3 is 19.7 Å². The number of hydrogen-bond donors (Lipinski definition) is 1. The van der Waals surface area contributed by atoms with Crippen LogP contribution in [-0.4, -0.2) is 62.8 Å². The first kappa shape index (κ1) is 19.5. The van der Waals surface area contributed by atoms with Gasteiger partial charge in [-0.15, -0.1) is 24.0 Å². The van der Waals surface area contributed by atoms with E-state index in [9.17, 15) is 4.79 Å². The molecule has 2 aliphatic rings. The number of ether oxygens (including phenoxy) is 2. The third-order valence-electron chi connectivity index (χ3n) is 4.22. The predicted octanol–water partition coefficient (Wildman–Crippen LogP) is 1.49. The molecule has 0 radical (unpaired) electrons. The molecule has 0 aromatic carbocycles. The smallest absolute Gasteiger partial charge is 0.310 e. The zero-order valence-corrected chi connectivity index (χ0v) is 16.0. The van der Waals surface area contributed by atoms with Crippen LogP contribution in [0.4, 0.5) is 0 Å². The van der Waals surface area contributed by atoms with Crippen LogP contribution in [0.5, 0.6) is 0 Å². The fraction of sp³-hybridized carbons (Fsp3) is 0.867. The normalized spacial score (nSPS) is 28.4. The summed E-state index contributed by atoms with van der Waals surface area (Å²) in [6, 6.07) is 0. The first-order valence-corrected chi connectivity index (χ1v) is 7.88. The molecule has 0 spiro atoms. The van der Waals surface area contributed by atoms with Crippen LogP contribution in [0.2, 0.25) is 0 Å². The number of nitrogens with zero attached hydrogens (tertiary/aromatic N) is 2. The molecule has 3 unspecified atom stereocenters. The zero-order chi connectivity index (χ0) is 15.2. The predicted molar refractivity (Wildman–Crippen MR) is 96.6 cm³/mol. The molecule has 22 heavy (non-hydrogen) atoms. The average molecular weight is 425 g/mol. The van der Waals surface area contributed by atoms with Gasteiger partial charge in [-0.05, 0) is 25.7 Å². The molecule has 6 nitrogen and oxygen atoms in total. The van der Waals surface area contributed by atoms with E-state index in [-0.39, 0.29) is 47.9 Å². The van der Waals surface area contributed by atoms with Crippen molar-refractivity contribution in [2.24, 2.45) is 16.8 Å².